The van der Waals surface area contributed by atoms with E-state index in [0.717, 1.165) is 32.1 Å². The molecule has 4 saturated carbocycles. The summed E-state index contributed by atoms with van der Waals surface area (Å²) in [6.45, 7) is 20.8. The van der Waals surface area contributed by atoms with Crippen LogP contribution in [0, 0.1) is 45.3 Å². The van der Waals surface area contributed by atoms with Crippen molar-refractivity contribution in [1.29, 1.82) is 0 Å². The first-order valence-electron chi connectivity index (χ1n) is 20.4. The molecule has 310 valence electrons. The van der Waals surface area contributed by atoms with E-state index in [1.807, 2.05) is 0 Å². The Labute approximate surface area is 321 Å². The molecular formula is C42H70O12. The zero-order valence-corrected chi connectivity index (χ0v) is 33.7. The Morgan fingerprint density at radius 3 is 2.15 bits per heavy atom. The van der Waals surface area contributed by atoms with Gasteiger partial charge in [0, 0.05) is 0 Å². The Morgan fingerprint density at radius 1 is 0.815 bits per heavy atom. The van der Waals surface area contributed by atoms with Crippen LogP contribution >= 0.6 is 0 Å². The van der Waals surface area contributed by atoms with Crippen molar-refractivity contribution in [3.8, 4) is 0 Å². The lowest BCUT2D eigenvalue weighted by atomic mass is 9.34. The van der Waals surface area contributed by atoms with E-state index in [1.54, 1.807) is 0 Å². The molecule has 12 heteroatoms. The summed E-state index contributed by atoms with van der Waals surface area (Å²) in [5.74, 6) is 0.0623. The smallest absolute Gasteiger partial charge is 0.187 e. The zero-order valence-electron chi connectivity index (χ0n) is 33.7. The fourth-order valence-corrected chi connectivity index (χ4v) is 13.0. The number of hydrogen-bond acceptors (Lipinski definition) is 12. The molecule has 2 aliphatic heterocycles. The Bertz CT molecular complexity index is 1380. The van der Waals surface area contributed by atoms with Gasteiger partial charge in [-0.15, -0.1) is 0 Å². The minimum atomic E-state index is -1.68. The number of aliphatic hydroxyl groups excluding tert-OH is 8. The Morgan fingerprint density at radius 2 is 1.50 bits per heavy atom. The van der Waals surface area contributed by atoms with E-state index < -0.39 is 91.7 Å². The van der Waals surface area contributed by atoms with Gasteiger partial charge in [0.2, 0.25) is 0 Å². The van der Waals surface area contributed by atoms with Crippen LogP contribution in [0.5, 0.6) is 0 Å². The third-order valence-corrected chi connectivity index (χ3v) is 16.0. The molecule has 4 aliphatic carbocycles. The molecule has 2 heterocycles. The molecule has 8 N–H and O–H groups in total. The fourth-order valence-electron chi connectivity index (χ4n) is 13.0. The number of fused-ring (bicyclic) bond motifs is 5. The van der Waals surface area contributed by atoms with E-state index in [1.165, 1.54) is 18.1 Å². The number of hydrogen-bond donors (Lipinski definition) is 8. The van der Waals surface area contributed by atoms with Crippen LogP contribution < -0.4 is 0 Å². The van der Waals surface area contributed by atoms with Gasteiger partial charge in [0.05, 0.1) is 31.0 Å². The van der Waals surface area contributed by atoms with Crippen molar-refractivity contribution in [1.82, 2.24) is 0 Å². The maximum atomic E-state index is 12.2. The van der Waals surface area contributed by atoms with Crippen molar-refractivity contribution < 1.29 is 59.8 Å². The van der Waals surface area contributed by atoms with Gasteiger partial charge in [-0.25, -0.2) is 0 Å². The lowest BCUT2D eigenvalue weighted by molar-refractivity contribution is -0.381. The van der Waals surface area contributed by atoms with Gasteiger partial charge in [-0.1, -0.05) is 58.4 Å². The highest BCUT2D eigenvalue weighted by Gasteiger charge is 2.73. The van der Waals surface area contributed by atoms with E-state index in [0.29, 0.717) is 19.3 Å². The molecule has 12 nitrogen and oxygen atoms in total. The second-order valence-corrected chi connectivity index (χ2v) is 19.6. The Kier molecular flexibility index (Phi) is 12.1. The molecule has 0 amide bonds. The van der Waals surface area contributed by atoms with Gasteiger partial charge in [0.25, 0.3) is 0 Å². The lowest BCUT2D eigenvalue weighted by Crippen LogP contribution is -2.71. The number of allylic oxidation sites excluding steroid dienone is 3. The molecule has 20 atom stereocenters. The molecule has 2 saturated heterocycles. The maximum Gasteiger partial charge on any atom is 0.187 e. The molecule has 6 fully saturated rings. The molecule has 6 aliphatic rings. The lowest BCUT2D eigenvalue weighted by Gasteiger charge is -2.72. The molecule has 54 heavy (non-hydrogen) atoms. The number of rotatable bonds is 9. The Hall–Kier alpha value is -1.00. The van der Waals surface area contributed by atoms with Crippen LogP contribution in [-0.2, 0) is 18.9 Å². The van der Waals surface area contributed by atoms with Crippen molar-refractivity contribution in [3.63, 3.8) is 0 Å². The van der Waals surface area contributed by atoms with Crippen LogP contribution in [0.2, 0.25) is 0 Å². The predicted octanol–water partition coefficient (Wildman–Crippen LogP) is 2.95. The molecule has 0 aromatic heterocycles. The standard InChI is InChI=1S/C42H70O12/c1-20(2)11-10-12-21(3)23-13-16-41(8)29(23)24(44)17-27-40(7)15-14-28(45)39(5,6)36(40)25(18-42(27,41)9)52-38-35(33(49)31(47)26(19-43)53-38)54-37-34(50)32(48)30(46)22(4)51-37/h11,22-38,43-50H,3,10,12-19H2,1-2,4-9H3/t22-,23+,24+,25-,26+,27+,28-,29-,30-,31+,32+,33-,34-,35+,36-,37+,38?,40+,41+,42+/m0/s1. The quantitative estimate of drug-likeness (QED) is 0.126. The first kappa shape index (κ1) is 42.6. The van der Waals surface area contributed by atoms with Gasteiger partial charge in [0.1, 0.15) is 42.7 Å². The van der Waals surface area contributed by atoms with Crippen LogP contribution in [0.4, 0.5) is 0 Å². The number of aliphatic hydroxyl groups is 8. The molecular weight excluding hydrogens is 696 g/mol. The summed E-state index contributed by atoms with van der Waals surface area (Å²) < 4.78 is 25.2. The van der Waals surface area contributed by atoms with E-state index in [4.69, 9.17) is 18.9 Å². The van der Waals surface area contributed by atoms with Crippen molar-refractivity contribution in [2.75, 3.05) is 6.61 Å². The average molecular weight is 767 g/mol. The normalized spacial score (nSPS) is 52.9. The minimum Gasteiger partial charge on any atom is -0.394 e. The van der Waals surface area contributed by atoms with Crippen molar-refractivity contribution in [2.45, 2.75) is 186 Å². The van der Waals surface area contributed by atoms with Crippen molar-refractivity contribution >= 4 is 0 Å². The molecule has 0 aromatic rings. The fraction of sp³-hybridized carbons (Fsp3) is 0.905. The van der Waals surface area contributed by atoms with E-state index in [-0.39, 0.29) is 39.9 Å². The third-order valence-electron chi connectivity index (χ3n) is 16.0. The van der Waals surface area contributed by atoms with Crippen LogP contribution in [0.25, 0.3) is 0 Å². The van der Waals surface area contributed by atoms with Crippen molar-refractivity contribution in [3.05, 3.63) is 23.8 Å². The number of ether oxygens (including phenoxy) is 4. The second-order valence-electron chi connectivity index (χ2n) is 19.6. The molecule has 0 bridgehead atoms. The van der Waals surface area contributed by atoms with Gasteiger partial charge in [0.15, 0.2) is 12.6 Å². The van der Waals surface area contributed by atoms with Gasteiger partial charge in [-0.3, -0.25) is 0 Å². The molecule has 0 aromatic carbocycles. The Balaban J connectivity index is 1.37. The summed E-state index contributed by atoms with van der Waals surface area (Å²) in [6.07, 6.45) is -7.55. The van der Waals surface area contributed by atoms with Crippen LogP contribution in [-0.4, -0.2) is 127 Å². The maximum absolute atomic E-state index is 12.2. The summed E-state index contributed by atoms with van der Waals surface area (Å²) in [7, 11) is 0. The largest absolute Gasteiger partial charge is 0.394 e. The summed E-state index contributed by atoms with van der Waals surface area (Å²) in [6, 6.07) is 0. The van der Waals surface area contributed by atoms with Gasteiger partial charge < -0.3 is 59.8 Å². The highest BCUT2D eigenvalue weighted by atomic mass is 16.8. The SMILES string of the molecule is C=C(CCC=C(C)C)[C@H]1CC[C@]2(C)[C@@H]1[C@H](O)C[C@@H]1[C@@]3(C)CC[C@H](O)C(C)(C)[C@@H]3[C@@H](OC3O[C@H](CO)[C@@H](O)[C@H](O)[C@H]3O[C@H]3O[C@@H](C)[C@H](O)[C@@H](O)[C@@H]3O)C[C@]12C. The van der Waals surface area contributed by atoms with Gasteiger partial charge in [-0.2, -0.15) is 0 Å². The van der Waals surface area contributed by atoms with Gasteiger partial charge in [-0.05, 0) is 117 Å². The van der Waals surface area contributed by atoms with E-state index in [2.05, 4.69) is 61.1 Å². The van der Waals surface area contributed by atoms with Crippen LogP contribution in [0.15, 0.2) is 23.8 Å². The zero-order chi connectivity index (χ0) is 39.9. The molecule has 1 unspecified atom stereocenters. The predicted molar refractivity (Wildman–Crippen MR) is 199 cm³/mol. The summed E-state index contributed by atoms with van der Waals surface area (Å²) >= 11 is 0. The molecule has 0 radical (unpaired) electrons. The van der Waals surface area contributed by atoms with E-state index in [9.17, 15) is 40.9 Å². The third kappa shape index (κ3) is 6.79. The molecule has 6 rings (SSSR count). The first-order valence-corrected chi connectivity index (χ1v) is 20.4. The summed E-state index contributed by atoms with van der Waals surface area (Å²) in [5, 5.41) is 88.2. The highest BCUT2D eigenvalue weighted by Crippen LogP contribution is 2.76. The minimum absolute atomic E-state index is 0.00685. The monoisotopic (exact) mass is 766 g/mol. The van der Waals surface area contributed by atoms with Gasteiger partial charge >= 0.3 is 0 Å². The molecule has 0 spiro atoms. The topological polar surface area (TPSA) is 199 Å². The van der Waals surface area contributed by atoms with Crippen LogP contribution in [0.3, 0.4) is 0 Å². The summed E-state index contributed by atoms with van der Waals surface area (Å²) in [4.78, 5) is 0. The average Bonchev–Trinajstić information content (AvgIpc) is 3.48. The summed E-state index contributed by atoms with van der Waals surface area (Å²) in [5.41, 5.74) is 0.837. The highest BCUT2D eigenvalue weighted by molar-refractivity contribution is 5.24. The van der Waals surface area contributed by atoms with Crippen molar-refractivity contribution in [2.24, 2.45) is 45.3 Å². The van der Waals surface area contributed by atoms with Crippen LogP contribution in [0.1, 0.15) is 107 Å². The second kappa shape index (κ2) is 15.3. The first-order chi connectivity index (χ1) is 25.1. The van der Waals surface area contributed by atoms with E-state index >= 15 is 0 Å².